The molecule has 0 fully saturated rings. The van der Waals surface area contributed by atoms with Gasteiger partial charge < -0.3 is 4.74 Å². The highest BCUT2D eigenvalue weighted by molar-refractivity contribution is 14.1. The van der Waals surface area contributed by atoms with Gasteiger partial charge in [-0.3, -0.25) is 9.36 Å². The van der Waals surface area contributed by atoms with Crippen molar-refractivity contribution in [3.8, 4) is 0 Å². The lowest BCUT2D eigenvalue weighted by molar-refractivity contribution is 0.0118. The number of ether oxygens (including phenoxy) is 1. The number of rotatable bonds is 4. The summed E-state index contributed by atoms with van der Waals surface area (Å²) in [6.45, 7) is 4.63. The molecule has 1 aromatic rings. The van der Waals surface area contributed by atoms with Crippen LogP contribution in [0.15, 0.2) is 17.3 Å². The molecular weight excluding hydrogens is 307 g/mol. The van der Waals surface area contributed by atoms with Crippen molar-refractivity contribution in [3.05, 3.63) is 26.4 Å². The summed E-state index contributed by atoms with van der Waals surface area (Å²) < 4.78 is 7.55. The highest BCUT2D eigenvalue weighted by Gasteiger charge is 2.16. The number of methoxy groups -OCH3 is 1. The molecule has 0 aliphatic heterocycles. The predicted octanol–water partition coefficient (Wildman–Crippen LogP) is 1.66. The van der Waals surface area contributed by atoms with Gasteiger partial charge in [0.2, 0.25) is 0 Å². The van der Waals surface area contributed by atoms with Gasteiger partial charge >= 0.3 is 0 Å². The van der Waals surface area contributed by atoms with Crippen LogP contribution in [0, 0.1) is 3.57 Å². The minimum Gasteiger partial charge on any atom is -0.379 e. The maximum absolute atomic E-state index is 11.6. The Kier molecular flexibility index (Phi) is 4.27. The number of hydrogen-bond donors (Lipinski definition) is 0. The Morgan fingerprint density at radius 2 is 2.27 bits per heavy atom. The highest BCUT2D eigenvalue weighted by atomic mass is 127. The molecule has 5 heteroatoms. The summed E-state index contributed by atoms with van der Waals surface area (Å²) in [6.07, 6.45) is 3.92. The summed E-state index contributed by atoms with van der Waals surface area (Å²) in [5.41, 5.74) is -0.196. The van der Waals surface area contributed by atoms with Crippen molar-refractivity contribution in [1.82, 2.24) is 9.55 Å². The molecule has 0 atom stereocenters. The van der Waals surface area contributed by atoms with Crippen LogP contribution >= 0.6 is 22.6 Å². The van der Waals surface area contributed by atoms with Crippen LogP contribution in [0.2, 0.25) is 0 Å². The molecule has 0 bridgehead atoms. The average molecular weight is 322 g/mol. The minimum atomic E-state index is -0.208. The van der Waals surface area contributed by atoms with Gasteiger partial charge in [0, 0.05) is 19.9 Å². The van der Waals surface area contributed by atoms with Crippen molar-refractivity contribution in [1.29, 1.82) is 0 Å². The third kappa shape index (κ3) is 3.57. The lowest BCUT2D eigenvalue weighted by Crippen LogP contribution is -2.29. The Balaban J connectivity index is 2.75. The lowest BCUT2D eigenvalue weighted by Gasteiger charge is -2.22. The first kappa shape index (κ1) is 12.6. The van der Waals surface area contributed by atoms with Gasteiger partial charge in [0.1, 0.15) is 0 Å². The van der Waals surface area contributed by atoms with Gasteiger partial charge in [0.15, 0.2) is 0 Å². The smallest absolute Gasteiger partial charge is 0.266 e. The van der Waals surface area contributed by atoms with E-state index < -0.39 is 0 Å². The SMILES string of the molecule is COC(C)(C)CCn1cncc(I)c1=O. The van der Waals surface area contributed by atoms with E-state index in [9.17, 15) is 4.79 Å². The largest absolute Gasteiger partial charge is 0.379 e. The third-order valence-corrected chi connectivity index (χ3v) is 3.11. The van der Waals surface area contributed by atoms with Crippen LogP contribution < -0.4 is 5.56 Å². The van der Waals surface area contributed by atoms with Crippen LogP contribution in [0.5, 0.6) is 0 Å². The maximum atomic E-state index is 11.6. The van der Waals surface area contributed by atoms with Gasteiger partial charge in [-0.1, -0.05) is 0 Å². The first-order valence-electron chi connectivity index (χ1n) is 4.71. The molecule has 0 saturated heterocycles. The van der Waals surface area contributed by atoms with Crippen LogP contribution in [0.25, 0.3) is 0 Å². The summed E-state index contributed by atoms with van der Waals surface area (Å²) in [7, 11) is 1.68. The van der Waals surface area contributed by atoms with E-state index in [2.05, 4.69) is 4.98 Å². The summed E-state index contributed by atoms with van der Waals surface area (Å²) >= 11 is 1.99. The number of halogens is 1. The van der Waals surface area contributed by atoms with Crippen molar-refractivity contribution in [3.63, 3.8) is 0 Å². The molecule has 1 aromatic heterocycles. The molecule has 0 amide bonds. The Morgan fingerprint density at radius 3 is 2.87 bits per heavy atom. The predicted molar refractivity (Wildman–Crippen MR) is 66.9 cm³/mol. The lowest BCUT2D eigenvalue weighted by atomic mass is 10.1. The van der Waals surface area contributed by atoms with E-state index >= 15 is 0 Å². The third-order valence-electron chi connectivity index (χ3n) is 2.37. The number of aryl methyl sites for hydroxylation is 1. The zero-order valence-corrected chi connectivity index (χ0v) is 11.3. The molecule has 1 heterocycles. The van der Waals surface area contributed by atoms with Crippen LogP contribution in [-0.2, 0) is 11.3 Å². The molecule has 4 nitrogen and oxygen atoms in total. The molecular formula is C10H15IN2O2. The molecule has 1 rings (SSSR count). The van der Waals surface area contributed by atoms with Crippen molar-refractivity contribution in [2.75, 3.05) is 7.11 Å². The molecule has 0 spiro atoms. The number of nitrogens with zero attached hydrogens (tertiary/aromatic N) is 2. The fourth-order valence-corrected chi connectivity index (χ4v) is 1.55. The van der Waals surface area contributed by atoms with Crippen LogP contribution in [0.4, 0.5) is 0 Å². The van der Waals surface area contributed by atoms with E-state index in [1.54, 1.807) is 24.2 Å². The quantitative estimate of drug-likeness (QED) is 0.792. The molecule has 0 radical (unpaired) electrons. The second kappa shape index (κ2) is 5.07. The number of hydrogen-bond acceptors (Lipinski definition) is 3. The second-order valence-corrected chi connectivity index (χ2v) is 5.12. The molecule has 0 aromatic carbocycles. The van der Waals surface area contributed by atoms with Crippen molar-refractivity contribution >= 4 is 22.6 Å². The first-order chi connectivity index (χ1) is 6.96. The summed E-state index contributed by atoms with van der Waals surface area (Å²) in [5.74, 6) is 0. The van der Waals surface area contributed by atoms with Crippen LogP contribution in [-0.4, -0.2) is 22.3 Å². The van der Waals surface area contributed by atoms with E-state index in [1.807, 2.05) is 36.4 Å². The van der Waals surface area contributed by atoms with Crippen molar-refractivity contribution in [2.24, 2.45) is 0 Å². The number of aromatic nitrogens is 2. The van der Waals surface area contributed by atoms with Gasteiger partial charge in [-0.2, -0.15) is 0 Å². The van der Waals surface area contributed by atoms with E-state index in [0.717, 1.165) is 6.42 Å². The molecule has 0 aliphatic rings. The topological polar surface area (TPSA) is 44.1 Å². The molecule has 0 unspecified atom stereocenters. The Bertz CT molecular complexity index is 387. The molecule has 84 valence electrons. The van der Waals surface area contributed by atoms with Crippen LogP contribution in [0.3, 0.4) is 0 Å². The molecule has 0 N–H and O–H groups in total. The van der Waals surface area contributed by atoms with E-state index in [1.165, 1.54) is 0 Å². The summed E-state index contributed by atoms with van der Waals surface area (Å²) in [6, 6.07) is 0. The Labute approximate surface area is 103 Å². The van der Waals surface area contributed by atoms with E-state index in [4.69, 9.17) is 4.74 Å². The monoisotopic (exact) mass is 322 g/mol. The van der Waals surface area contributed by atoms with Crippen molar-refractivity contribution in [2.45, 2.75) is 32.4 Å². The molecule has 0 aliphatic carbocycles. The summed E-state index contributed by atoms with van der Waals surface area (Å²) in [4.78, 5) is 15.6. The highest BCUT2D eigenvalue weighted by Crippen LogP contribution is 2.13. The maximum Gasteiger partial charge on any atom is 0.266 e. The average Bonchev–Trinajstić information content (AvgIpc) is 2.20. The first-order valence-corrected chi connectivity index (χ1v) is 5.79. The standard InChI is InChI=1S/C10H15IN2O2/c1-10(2,15-3)4-5-13-7-12-6-8(11)9(13)14/h6-7H,4-5H2,1-3H3. The van der Waals surface area contributed by atoms with Gasteiger partial charge in [-0.15, -0.1) is 0 Å². The van der Waals surface area contributed by atoms with E-state index in [0.29, 0.717) is 10.1 Å². The zero-order chi connectivity index (χ0) is 11.5. The van der Waals surface area contributed by atoms with Gasteiger partial charge in [-0.05, 0) is 42.9 Å². The van der Waals surface area contributed by atoms with Crippen molar-refractivity contribution < 1.29 is 4.74 Å². The Hall–Kier alpha value is -0.430. The normalized spacial score (nSPS) is 11.7. The van der Waals surface area contributed by atoms with Gasteiger partial charge in [0.05, 0.1) is 15.5 Å². The fourth-order valence-electron chi connectivity index (χ4n) is 1.08. The molecule has 0 saturated carbocycles. The second-order valence-electron chi connectivity index (χ2n) is 3.95. The Morgan fingerprint density at radius 1 is 1.60 bits per heavy atom. The van der Waals surface area contributed by atoms with Gasteiger partial charge in [-0.25, -0.2) is 4.98 Å². The van der Waals surface area contributed by atoms with Crippen LogP contribution in [0.1, 0.15) is 20.3 Å². The van der Waals surface area contributed by atoms with E-state index in [-0.39, 0.29) is 11.2 Å². The zero-order valence-electron chi connectivity index (χ0n) is 9.16. The van der Waals surface area contributed by atoms with Gasteiger partial charge in [0.25, 0.3) is 5.56 Å². The minimum absolute atomic E-state index is 0.0116. The summed E-state index contributed by atoms with van der Waals surface area (Å²) in [5, 5.41) is 0. The molecule has 15 heavy (non-hydrogen) atoms. The fraction of sp³-hybridized carbons (Fsp3) is 0.600.